The molecule has 14 heavy (non-hydrogen) atoms. The normalized spacial score (nSPS) is 10.0. The van der Waals surface area contributed by atoms with E-state index >= 15 is 0 Å². The minimum Gasteiger partial charge on any atom is -0.278 e. The first kappa shape index (κ1) is 10.2. The highest BCUT2D eigenvalue weighted by Gasteiger charge is 1.91. The van der Waals surface area contributed by atoms with Gasteiger partial charge in [0.2, 0.25) is 0 Å². The number of carbonyl (C=O) groups is 1. The van der Waals surface area contributed by atoms with Crippen molar-refractivity contribution >= 4 is 11.9 Å². The smallest absolute Gasteiger partial charge is 0.255 e. The molecule has 0 bridgehead atoms. The van der Waals surface area contributed by atoms with Crippen molar-refractivity contribution in [3.63, 3.8) is 0 Å². The highest BCUT2D eigenvalue weighted by atomic mass is 16.1. The Hall–Kier alpha value is -1.88. The molecule has 0 unspecified atom stereocenters. The second kappa shape index (κ2) is 4.98. The molecule has 2 heteroatoms. The van der Waals surface area contributed by atoms with Crippen molar-refractivity contribution in [3.05, 3.63) is 41.5 Å². The summed E-state index contributed by atoms with van der Waals surface area (Å²) in [6.45, 7) is 2.09. The Labute approximate surface area is 83.5 Å². The number of nitrogens with zero attached hydrogens (tertiary/aromatic N) is 1. The highest BCUT2D eigenvalue weighted by molar-refractivity contribution is 6.04. The molecule has 0 aliphatic heterocycles. The zero-order chi connectivity index (χ0) is 10.4. The molecule has 70 valence electrons. The number of allylic oxidation sites excluding steroid dienone is 1. The summed E-state index contributed by atoms with van der Waals surface area (Å²) < 4.78 is 0. The first-order valence-electron chi connectivity index (χ1n) is 4.47. The molecule has 1 aromatic rings. The largest absolute Gasteiger partial charge is 0.278 e. The van der Waals surface area contributed by atoms with E-state index in [1.54, 1.807) is 6.08 Å². The second-order valence-electron chi connectivity index (χ2n) is 2.90. The average Bonchev–Trinajstić information content (AvgIpc) is 2.26. The molecule has 1 rings (SSSR count). The summed E-state index contributed by atoms with van der Waals surface area (Å²) in [4.78, 5) is 10.7. The number of aryl methyl sites for hydroxylation is 1. The molecule has 0 radical (unpaired) electrons. The second-order valence-corrected chi connectivity index (χ2v) is 2.90. The number of hydrogen-bond donors (Lipinski definition) is 0. The van der Waals surface area contributed by atoms with Crippen LogP contribution in [0.1, 0.15) is 18.1 Å². The molecule has 0 aliphatic rings. The Bertz CT molecular complexity index is 382. The lowest BCUT2D eigenvalue weighted by Gasteiger charge is -1.96. The zero-order valence-electron chi connectivity index (χ0n) is 8.03. The Morgan fingerprint density at radius 3 is 2.57 bits per heavy atom. The number of rotatable bonds is 3. The summed E-state index contributed by atoms with van der Waals surface area (Å²) in [5.74, 6) is -0.524. The topological polar surface area (TPSA) is 40.9 Å². The van der Waals surface area contributed by atoms with Crippen molar-refractivity contribution < 1.29 is 4.79 Å². The summed E-state index contributed by atoms with van der Waals surface area (Å²) in [6, 6.07) is 9.41. The Kier molecular flexibility index (Phi) is 3.63. The van der Waals surface area contributed by atoms with E-state index < -0.39 is 5.78 Å². The van der Waals surface area contributed by atoms with Gasteiger partial charge in [-0.1, -0.05) is 37.3 Å². The summed E-state index contributed by atoms with van der Waals surface area (Å²) in [6.07, 6.45) is 3.92. The first-order chi connectivity index (χ1) is 6.76. The van der Waals surface area contributed by atoms with Gasteiger partial charge >= 0.3 is 0 Å². The maximum absolute atomic E-state index is 10.7. The van der Waals surface area contributed by atoms with Crippen molar-refractivity contribution in [2.75, 3.05) is 0 Å². The predicted octanol–water partition coefficient (Wildman–Crippen LogP) is 2.35. The van der Waals surface area contributed by atoms with E-state index in [1.165, 1.54) is 17.7 Å². The molecule has 0 aromatic heterocycles. The van der Waals surface area contributed by atoms with Crippen molar-refractivity contribution in [1.82, 2.24) is 0 Å². The summed E-state index contributed by atoms with van der Waals surface area (Å²) in [5.41, 5.74) is 2.19. The van der Waals surface area contributed by atoms with Crippen molar-refractivity contribution in [2.24, 2.45) is 0 Å². The fourth-order valence-electron chi connectivity index (χ4n) is 1.07. The molecule has 0 amide bonds. The average molecular weight is 185 g/mol. The summed E-state index contributed by atoms with van der Waals surface area (Å²) in [5, 5.41) is 8.24. The Balaban J connectivity index is 2.74. The molecule has 0 spiro atoms. The lowest BCUT2D eigenvalue weighted by atomic mass is 10.1. The molecule has 0 fully saturated rings. The van der Waals surface area contributed by atoms with Crippen LogP contribution in [0.5, 0.6) is 0 Å². The van der Waals surface area contributed by atoms with Crippen LogP contribution in [-0.4, -0.2) is 5.78 Å². The number of benzene rings is 1. The van der Waals surface area contributed by atoms with Crippen LogP contribution in [0.15, 0.2) is 30.3 Å². The molecular formula is C12H11NO. The SMILES string of the molecule is CCc1ccc(/C=C/C(=O)C#N)cc1. The Morgan fingerprint density at radius 1 is 1.43 bits per heavy atom. The molecule has 1 aromatic carbocycles. The van der Waals surface area contributed by atoms with Crippen LogP contribution in [-0.2, 0) is 11.2 Å². The highest BCUT2D eigenvalue weighted by Crippen LogP contribution is 2.06. The van der Waals surface area contributed by atoms with Crippen LogP contribution in [0.4, 0.5) is 0 Å². The quantitative estimate of drug-likeness (QED) is 0.535. The van der Waals surface area contributed by atoms with Crippen molar-refractivity contribution in [3.8, 4) is 6.07 Å². The third-order valence-electron chi connectivity index (χ3n) is 1.93. The van der Waals surface area contributed by atoms with E-state index in [-0.39, 0.29) is 0 Å². The van der Waals surface area contributed by atoms with Crippen LogP contribution in [0.3, 0.4) is 0 Å². The summed E-state index contributed by atoms with van der Waals surface area (Å²) >= 11 is 0. The van der Waals surface area contributed by atoms with Crippen molar-refractivity contribution in [1.29, 1.82) is 5.26 Å². The van der Waals surface area contributed by atoms with Gasteiger partial charge in [0.25, 0.3) is 5.78 Å². The lowest BCUT2D eigenvalue weighted by molar-refractivity contribution is -0.109. The van der Waals surface area contributed by atoms with Gasteiger partial charge in [-0.2, -0.15) is 5.26 Å². The van der Waals surface area contributed by atoms with Gasteiger partial charge in [-0.15, -0.1) is 0 Å². The van der Waals surface area contributed by atoms with E-state index in [1.807, 2.05) is 24.3 Å². The molecular weight excluding hydrogens is 174 g/mol. The monoisotopic (exact) mass is 185 g/mol. The fourth-order valence-corrected chi connectivity index (χ4v) is 1.07. The van der Waals surface area contributed by atoms with Crippen LogP contribution >= 0.6 is 0 Å². The van der Waals surface area contributed by atoms with Gasteiger partial charge in [-0.25, -0.2) is 0 Å². The molecule has 0 atom stereocenters. The predicted molar refractivity (Wildman–Crippen MR) is 55.5 cm³/mol. The number of nitriles is 1. The van der Waals surface area contributed by atoms with E-state index in [0.29, 0.717) is 0 Å². The van der Waals surface area contributed by atoms with Gasteiger partial charge in [0, 0.05) is 0 Å². The van der Waals surface area contributed by atoms with Crippen LogP contribution in [0.25, 0.3) is 6.08 Å². The number of carbonyl (C=O) groups excluding carboxylic acids is 1. The lowest BCUT2D eigenvalue weighted by Crippen LogP contribution is -1.84. The number of hydrogen-bond acceptors (Lipinski definition) is 2. The zero-order valence-corrected chi connectivity index (χ0v) is 8.03. The van der Waals surface area contributed by atoms with Gasteiger partial charge in [-0.05, 0) is 23.6 Å². The molecule has 0 heterocycles. The molecule has 0 aliphatic carbocycles. The van der Waals surface area contributed by atoms with Gasteiger partial charge in [0.15, 0.2) is 0 Å². The van der Waals surface area contributed by atoms with Gasteiger partial charge in [0.1, 0.15) is 6.07 Å². The molecule has 0 saturated carbocycles. The maximum Gasteiger partial charge on any atom is 0.255 e. The van der Waals surface area contributed by atoms with E-state index in [9.17, 15) is 4.79 Å². The van der Waals surface area contributed by atoms with Crippen LogP contribution < -0.4 is 0 Å². The first-order valence-corrected chi connectivity index (χ1v) is 4.47. The maximum atomic E-state index is 10.7. The van der Waals surface area contributed by atoms with Crippen molar-refractivity contribution in [2.45, 2.75) is 13.3 Å². The van der Waals surface area contributed by atoms with E-state index in [0.717, 1.165) is 12.0 Å². The van der Waals surface area contributed by atoms with Gasteiger partial charge in [-0.3, -0.25) is 4.79 Å². The standard InChI is InChI=1S/C12H11NO/c1-2-10-3-5-11(6-4-10)7-8-12(14)9-13/h3-8H,2H2,1H3/b8-7+. The van der Waals surface area contributed by atoms with E-state index in [2.05, 4.69) is 6.92 Å². The molecule has 0 N–H and O–H groups in total. The third kappa shape index (κ3) is 2.87. The van der Waals surface area contributed by atoms with Crippen LogP contribution in [0.2, 0.25) is 0 Å². The minimum atomic E-state index is -0.524. The van der Waals surface area contributed by atoms with E-state index in [4.69, 9.17) is 5.26 Å². The molecule has 0 saturated heterocycles. The number of ketones is 1. The van der Waals surface area contributed by atoms with Crippen LogP contribution in [0, 0.1) is 11.3 Å². The summed E-state index contributed by atoms with van der Waals surface area (Å²) in [7, 11) is 0. The third-order valence-corrected chi connectivity index (χ3v) is 1.93. The van der Waals surface area contributed by atoms with Gasteiger partial charge in [0.05, 0.1) is 0 Å². The Morgan fingerprint density at radius 2 is 2.07 bits per heavy atom. The minimum absolute atomic E-state index is 0.524. The fraction of sp³-hybridized carbons (Fsp3) is 0.167. The molecule has 2 nitrogen and oxygen atoms in total. The van der Waals surface area contributed by atoms with Gasteiger partial charge < -0.3 is 0 Å².